The van der Waals surface area contributed by atoms with E-state index in [1.807, 2.05) is 0 Å². The Morgan fingerprint density at radius 2 is 1.75 bits per heavy atom. The highest BCUT2D eigenvalue weighted by Gasteiger charge is 2.31. The summed E-state index contributed by atoms with van der Waals surface area (Å²) in [4.78, 5) is 11.2. The maximum atomic E-state index is 11.2. The number of fused-ring (bicyclic) bond motifs is 1. The zero-order valence-corrected chi connectivity index (χ0v) is 7.51. The lowest BCUT2D eigenvalue weighted by Gasteiger charge is -2.35. The van der Waals surface area contributed by atoms with E-state index in [9.17, 15) is 4.79 Å². The van der Waals surface area contributed by atoms with E-state index in [0.29, 0.717) is 11.7 Å². The molecular formula is C11H16O. The van der Waals surface area contributed by atoms with Gasteiger partial charge in [0.15, 0.2) is 0 Å². The largest absolute Gasteiger partial charge is 0.300 e. The molecule has 12 heavy (non-hydrogen) atoms. The van der Waals surface area contributed by atoms with Gasteiger partial charge < -0.3 is 0 Å². The molecule has 1 nitrogen and oxygen atoms in total. The second kappa shape index (κ2) is 3.04. The number of hydrogen-bond donors (Lipinski definition) is 0. The standard InChI is InChI=1S/C11H16O/c1-8-2-3-10-7-11(12)5-4-9(10)6-8/h9-10H,1-7H2. The van der Waals surface area contributed by atoms with Gasteiger partial charge >= 0.3 is 0 Å². The number of ketones is 1. The van der Waals surface area contributed by atoms with Gasteiger partial charge in [0.05, 0.1) is 0 Å². The summed E-state index contributed by atoms with van der Waals surface area (Å²) in [6.45, 7) is 4.04. The van der Waals surface area contributed by atoms with Crippen LogP contribution in [-0.2, 0) is 4.79 Å². The molecule has 2 rings (SSSR count). The zero-order valence-electron chi connectivity index (χ0n) is 7.51. The Labute approximate surface area is 73.8 Å². The highest BCUT2D eigenvalue weighted by molar-refractivity contribution is 5.79. The minimum atomic E-state index is 0.490. The lowest BCUT2D eigenvalue weighted by atomic mass is 9.69. The topological polar surface area (TPSA) is 17.1 Å². The first kappa shape index (κ1) is 8.03. The molecule has 0 heterocycles. The van der Waals surface area contributed by atoms with Crippen molar-refractivity contribution in [2.45, 2.75) is 38.5 Å². The SMILES string of the molecule is C=C1CCC2CC(=O)CCC2C1. The normalized spacial score (nSPS) is 36.3. The Morgan fingerprint density at radius 1 is 1.08 bits per heavy atom. The second-order valence-electron chi connectivity index (χ2n) is 4.29. The Balaban J connectivity index is 2.02. The van der Waals surface area contributed by atoms with Gasteiger partial charge in [0.2, 0.25) is 0 Å². The molecule has 0 N–H and O–H groups in total. The van der Waals surface area contributed by atoms with Crippen LogP contribution in [0.5, 0.6) is 0 Å². The third-order valence-electron chi connectivity index (χ3n) is 3.37. The zero-order chi connectivity index (χ0) is 8.55. The molecule has 0 aromatic rings. The molecule has 0 aromatic carbocycles. The van der Waals surface area contributed by atoms with Crippen molar-refractivity contribution in [3.63, 3.8) is 0 Å². The average molecular weight is 164 g/mol. The van der Waals surface area contributed by atoms with Crippen molar-refractivity contribution in [3.8, 4) is 0 Å². The van der Waals surface area contributed by atoms with Gasteiger partial charge in [-0.3, -0.25) is 4.79 Å². The van der Waals surface area contributed by atoms with Crippen LogP contribution < -0.4 is 0 Å². The Bertz CT molecular complexity index is 193. The van der Waals surface area contributed by atoms with Crippen molar-refractivity contribution < 1.29 is 4.79 Å². The van der Waals surface area contributed by atoms with Crippen LogP contribution in [0.4, 0.5) is 0 Å². The monoisotopic (exact) mass is 164 g/mol. The van der Waals surface area contributed by atoms with Crippen molar-refractivity contribution in [1.82, 2.24) is 0 Å². The van der Waals surface area contributed by atoms with Gasteiger partial charge in [-0.05, 0) is 37.5 Å². The van der Waals surface area contributed by atoms with Gasteiger partial charge in [-0.15, -0.1) is 0 Å². The average Bonchev–Trinajstić information content (AvgIpc) is 2.05. The van der Waals surface area contributed by atoms with Crippen LogP contribution in [0.3, 0.4) is 0 Å². The van der Waals surface area contributed by atoms with Gasteiger partial charge in [0.25, 0.3) is 0 Å². The second-order valence-corrected chi connectivity index (χ2v) is 4.29. The third-order valence-corrected chi connectivity index (χ3v) is 3.37. The summed E-state index contributed by atoms with van der Waals surface area (Å²) in [6, 6.07) is 0. The van der Waals surface area contributed by atoms with Crippen molar-refractivity contribution in [2.75, 3.05) is 0 Å². The number of allylic oxidation sites excluding steroid dienone is 1. The van der Waals surface area contributed by atoms with Crippen LogP contribution in [0.2, 0.25) is 0 Å². The van der Waals surface area contributed by atoms with E-state index in [-0.39, 0.29) is 0 Å². The van der Waals surface area contributed by atoms with Crippen LogP contribution in [0, 0.1) is 11.8 Å². The summed E-state index contributed by atoms with van der Waals surface area (Å²) in [6.07, 6.45) is 6.39. The van der Waals surface area contributed by atoms with E-state index in [0.717, 1.165) is 31.6 Å². The molecule has 2 saturated carbocycles. The molecule has 2 unspecified atom stereocenters. The number of rotatable bonds is 0. The van der Waals surface area contributed by atoms with Gasteiger partial charge in [-0.1, -0.05) is 12.2 Å². The third kappa shape index (κ3) is 1.45. The minimum Gasteiger partial charge on any atom is -0.300 e. The van der Waals surface area contributed by atoms with Crippen molar-refractivity contribution >= 4 is 5.78 Å². The maximum Gasteiger partial charge on any atom is 0.133 e. The predicted molar refractivity (Wildman–Crippen MR) is 48.8 cm³/mol. The summed E-state index contributed by atoms with van der Waals surface area (Å²) in [5, 5.41) is 0. The molecule has 0 aliphatic heterocycles. The van der Waals surface area contributed by atoms with Crippen LogP contribution in [0.15, 0.2) is 12.2 Å². The lowest BCUT2D eigenvalue weighted by Crippen LogP contribution is -2.28. The maximum absolute atomic E-state index is 11.2. The quantitative estimate of drug-likeness (QED) is 0.503. The van der Waals surface area contributed by atoms with E-state index in [4.69, 9.17) is 0 Å². The summed E-state index contributed by atoms with van der Waals surface area (Å²) in [7, 11) is 0. The fourth-order valence-electron chi connectivity index (χ4n) is 2.61. The molecule has 0 aromatic heterocycles. The highest BCUT2D eigenvalue weighted by Crippen LogP contribution is 2.40. The van der Waals surface area contributed by atoms with E-state index >= 15 is 0 Å². The first-order valence-electron chi connectivity index (χ1n) is 4.94. The predicted octanol–water partition coefficient (Wildman–Crippen LogP) is 2.71. The number of Topliss-reactive ketones (excluding diaryl/α,β-unsaturated/α-hetero) is 1. The molecule has 0 spiro atoms. The fraction of sp³-hybridized carbons (Fsp3) is 0.727. The molecule has 2 aliphatic rings. The van der Waals surface area contributed by atoms with Crippen LogP contribution in [0.1, 0.15) is 38.5 Å². The number of carbonyl (C=O) groups excluding carboxylic acids is 1. The summed E-state index contributed by atoms with van der Waals surface area (Å²) >= 11 is 0. The molecule has 1 heteroatoms. The molecule has 0 amide bonds. The van der Waals surface area contributed by atoms with E-state index in [1.165, 1.54) is 18.4 Å². The van der Waals surface area contributed by atoms with Gasteiger partial charge in [-0.25, -0.2) is 0 Å². The molecule has 2 aliphatic carbocycles. The van der Waals surface area contributed by atoms with Crippen LogP contribution in [0.25, 0.3) is 0 Å². The smallest absolute Gasteiger partial charge is 0.133 e. The lowest BCUT2D eigenvalue weighted by molar-refractivity contribution is -0.123. The van der Waals surface area contributed by atoms with Gasteiger partial charge in [0.1, 0.15) is 5.78 Å². The fourth-order valence-corrected chi connectivity index (χ4v) is 2.61. The van der Waals surface area contributed by atoms with Crippen molar-refractivity contribution in [3.05, 3.63) is 12.2 Å². The molecule has 66 valence electrons. The minimum absolute atomic E-state index is 0.490. The Hall–Kier alpha value is -0.590. The van der Waals surface area contributed by atoms with Crippen LogP contribution in [-0.4, -0.2) is 5.78 Å². The Morgan fingerprint density at radius 3 is 2.58 bits per heavy atom. The number of carbonyl (C=O) groups is 1. The first-order chi connectivity index (χ1) is 5.75. The number of hydrogen-bond acceptors (Lipinski definition) is 1. The van der Waals surface area contributed by atoms with Crippen LogP contribution >= 0.6 is 0 Å². The summed E-state index contributed by atoms with van der Waals surface area (Å²) in [5.41, 5.74) is 1.41. The van der Waals surface area contributed by atoms with E-state index in [2.05, 4.69) is 6.58 Å². The summed E-state index contributed by atoms with van der Waals surface area (Å²) in [5.74, 6) is 1.99. The van der Waals surface area contributed by atoms with Gasteiger partial charge in [0, 0.05) is 12.8 Å². The molecule has 0 radical (unpaired) electrons. The molecule has 0 bridgehead atoms. The molecule has 2 fully saturated rings. The van der Waals surface area contributed by atoms with Crippen molar-refractivity contribution in [1.29, 1.82) is 0 Å². The molecule has 2 atom stereocenters. The first-order valence-corrected chi connectivity index (χ1v) is 4.94. The van der Waals surface area contributed by atoms with E-state index in [1.54, 1.807) is 0 Å². The van der Waals surface area contributed by atoms with E-state index < -0.39 is 0 Å². The molecule has 0 saturated heterocycles. The molecular weight excluding hydrogens is 148 g/mol. The van der Waals surface area contributed by atoms with Crippen molar-refractivity contribution in [2.24, 2.45) is 11.8 Å². The Kier molecular flexibility index (Phi) is 2.03. The van der Waals surface area contributed by atoms with Gasteiger partial charge in [-0.2, -0.15) is 0 Å². The highest BCUT2D eigenvalue weighted by atomic mass is 16.1. The summed E-state index contributed by atoms with van der Waals surface area (Å²) < 4.78 is 0.